The van der Waals surface area contributed by atoms with Gasteiger partial charge in [-0.2, -0.15) is 0 Å². The van der Waals surface area contributed by atoms with Crippen LogP contribution in [0.4, 0.5) is 0 Å². The number of fused-ring (bicyclic) bond motifs is 6. The van der Waals surface area contributed by atoms with E-state index in [2.05, 4.69) is 109 Å². The lowest BCUT2D eigenvalue weighted by atomic mass is 9.95. The highest BCUT2D eigenvalue weighted by Crippen LogP contribution is 2.34. The maximum Gasteiger partial charge on any atom is 0.0716 e. The van der Waals surface area contributed by atoms with E-state index in [-0.39, 0.29) is 0 Å². The minimum Gasteiger partial charge on any atom is -0.248 e. The van der Waals surface area contributed by atoms with E-state index in [9.17, 15) is 0 Å². The largest absolute Gasteiger partial charge is 0.248 e. The Morgan fingerprint density at radius 1 is 0.375 bits per heavy atom. The molecule has 6 aromatic carbocycles. The van der Waals surface area contributed by atoms with Gasteiger partial charge in [0.15, 0.2) is 0 Å². The van der Waals surface area contributed by atoms with Gasteiger partial charge in [0, 0.05) is 10.9 Å². The van der Waals surface area contributed by atoms with Gasteiger partial charge in [-0.3, -0.25) is 0 Å². The monoisotopic (exact) mass is 405 g/mol. The zero-order valence-electron chi connectivity index (χ0n) is 17.4. The van der Waals surface area contributed by atoms with Crippen LogP contribution in [0.15, 0.2) is 115 Å². The van der Waals surface area contributed by atoms with Gasteiger partial charge in [0.05, 0.1) is 11.2 Å². The second-order valence-electron chi connectivity index (χ2n) is 8.51. The van der Waals surface area contributed by atoms with Crippen LogP contribution in [0.25, 0.3) is 65.3 Å². The van der Waals surface area contributed by atoms with Crippen LogP contribution in [0.5, 0.6) is 0 Å². The lowest BCUT2D eigenvalue weighted by molar-refractivity contribution is 1.40. The summed E-state index contributed by atoms with van der Waals surface area (Å²) < 4.78 is 0. The van der Waals surface area contributed by atoms with Crippen molar-refractivity contribution in [3.63, 3.8) is 0 Å². The number of rotatable bonds is 1. The van der Waals surface area contributed by atoms with Crippen molar-refractivity contribution >= 4 is 54.0 Å². The normalized spacial score (nSPS) is 11.8. The first-order valence-corrected chi connectivity index (χ1v) is 11.0. The zero-order chi connectivity index (χ0) is 21.1. The maximum absolute atomic E-state index is 5.01. The maximum atomic E-state index is 5.01. The van der Waals surface area contributed by atoms with E-state index in [1.54, 1.807) is 0 Å². The second-order valence-corrected chi connectivity index (χ2v) is 8.51. The van der Waals surface area contributed by atoms with Crippen LogP contribution >= 0.6 is 0 Å². The van der Waals surface area contributed by atoms with E-state index < -0.39 is 0 Å². The highest BCUT2D eigenvalue weighted by molar-refractivity contribution is 6.16. The van der Waals surface area contributed by atoms with Gasteiger partial charge in [0.1, 0.15) is 0 Å². The summed E-state index contributed by atoms with van der Waals surface area (Å²) in [7, 11) is 0. The van der Waals surface area contributed by atoms with Crippen LogP contribution in [0, 0.1) is 0 Å². The van der Waals surface area contributed by atoms with Crippen LogP contribution in [0.2, 0.25) is 0 Å². The first kappa shape index (κ1) is 17.5. The lowest BCUT2D eigenvalue weighted by Crippen LogP contribution is -1.87. The Bertz CT molecular complexity index is 1810. The van der Waals surface area contributed by atoms with Gasteiger partial charge in [-0.1, -0.05) is 72.8 Å². The Balaban J connectivity index is 1.52. The Labute approximate surface area is 185 Å². The number of pyridine rings is 1. The minimum atomic E-state index is 1.01. The first-order valence-electron chi connectivity index (χ1n) is 11.0. The highest BCUT2D eigenvalue weighted by atomic mass is 14.7. The quantitative estimate of drug-likeness (QED) is 0.197. The molecule has 7 aromatic rings. The van der Waals surface area contributed by atoms with E-state index >= 15 is 0 Å². The van der Waals surface area contributed by atoms with Gasteiger partial charge in [-0.15, -0.1) is 0 Å². The molecule has 0 bridgehead atoms. The molecule has 1 heterocycles. The van der Waals surface area contributed by atoms with Gasteiger partial charge in [0.2, 0.25) is 0 Å². The van der Waals surface area contributed by atoms with Crippen LogP contribution in [-0.4, -0.2) is 4.98 Å². The third-order valence-electron chi connectivity index (χ3n) is 6.54. The van der Waals surface area contributed by atoms with E-state index in [0.29, 0.717) is 0 Å². The molecule has 1 nitrogen and oxygen atoms in total. The number of nitrogens with zero attached hydrogens (tertiary/aromatic N) is 1. The van der Waals surface area contributed by atoms with Crippen molar-refractivity contribution < 1.29 is 0 Å². The molecule has 32 heavy (non-hydrogen) atoms. The lowest BCUT2D eigenvalue weighted by Gasteiger charge is -2.10. The third-order valence-corrected chi connectivity index (χ3v) is 6.54. The molecule has 0 fully saturated rings. The Hall–Kier alpha value is -4.23. The molecule has 0 N–H and O–H groups in total. The number of aromatic nitrogens is 1. The average molecular weight is 406 g/mol. The molecule has 0 saturated heterocycles. The van der Waals surface area contributed by atoms with Crippen LogP contribution in [0.3, 0.4) is 0 Å². The van der Waals surface area contributed by atoms with Crippen molar-refractivity contribution in [3.05, 3.63) is 115 Å². The summed E-state index contributed by atoms with van der Waals surface area (Å²) in [6.07, 6.45) is 0. The van der Waals surface area contributed by atoms with Gasteiger partial charge < -0.3 is 0 Å². The molecule has 1 heteroatoms. The molecule has 7 rings (SSSR count). The number of hydrogen-bond acceptors (Lipinski definition) is 1. The molecule has 0 spiro atoms. The van der Waals surface area contributed by atoms with E-state index in [4.69, 9.17) is 4.98 Å². The molecule has 0 aliphatic heterocycles. The van der Waals surface area contributed by atoms with E-state index in [1.807, 2.05) is 6.07 Å². The highest BCUT2D eigenvalue weighted by Gasteiger charge is 2.08. The molecule has 0 aliphatic carbocycles. The van der Waals surface area contributed by atoms with Crippen molar-refractivity contribution in [1.82, 2.24) is 4.98 Å². The van der Waals surface area contributed by atoms with Crippen molar-refractivity contribution in [1.29, 1.82) is 0 Å². The molecule has 0 unspecified atom stereocenters. The Kier molecular flexibility index (Phi) is 3.62. The van der Waals surface area contributed by atoms with Gasteiger partial charge >= 0.3 is 0 Å². The molecule has 0 radical (unpaired) electrons. The molecule has 148 valence electrons. The molecular formula is C31H19N. The zero-order valence-corrected chi connectivity index (χ0v) is 17.4. The predicted octanol–water partition coefficient (Wildman–Crippen LogP) is 8.51. The summed E-state index contributed by atoms with van der Waals surface area (Å²) in [6.45, 7) is 0. The van der Waals surface area contributed by atoms with Gasteiger partial charge in [0.25, 0.3) is 0 Å². The molecule has 0 saturated carbocycles. The Morgan fingerprint density at radius 2 is 0.938 bits per heavy atom. The topological polar surface area (TPSA) is 12.9 Å². The van der Waals surface area contributed by atoms with Gasteiger partial charge in [-0.05, 0) is 85.6 Å². The smallest absolute Gasteiger partial charge is 0.0716 e. The van der Waals surface area contributed by atoms with Crippen LogP contribution in [-0.2, 0) is 0 Å². The van der Waals surface area contributed by atoms with Crippen molar-refractivity contribution in [2.45, 2.75) is 0 Å². The predicted molar refractivity (Wildman–Crippen MR) is 137 cm³/mol. The SMILES string of the molecule is c1ccc(-c2ccc3cc4ccc5cc6cc7ccccc7cc6cc5c4cc3n2)cc1. The third kappa shape index (κ3) is 2.68. The van der Waals surface area contributed by atoms with Crippen molar-refractivity contribution in [3.8, 4) is 11.3 Å². The summed E-state index contributed by atoms with van der Waals surface area (Å²) in [5.74, 6) is 0. The van der Waals surface area contributed by atoms with Crippen LogP contribution in [0.1, 0.15) is 0 Å². The fraction of sp³-hybridized carbons (Fsp3) is 0. The van der Waals surface area contributed by atoms with Crippen molar-refractivity contribution in [2.75, 3.05) is 0 Å². The average Bonchev–Trinajstić information content (AvgIpc) is 2.85. The fourth-order valence-electron chi connectivity index (χ4n) is 4.89. The number of hydrogen-bond donors (Lipinski definition) is 0. The van der Waals surface area contributed by atoms with E-state index in [0.717, 1.165) is 16.8 Å². The summed E-state index contributed by atoms with van der Waals surface area (Å²) in [4.78, 5) is 5.01. The summed E-state index contributed by atoms with van der Waals surface area (Å²) in [5, 5.41) is 11.3. The summed E-state index contributed by atoms with van der Waals surface area (Å²) in [5.41, 5.74) is 3.19. The standard InChI is InChI=1S/C31H19N/c1-2-6-20(7-3-1)30-13-12-25-16-23-10-11-24-17-26-14-21-8-4-5-9-22(21)15-27(26)18-28(24)29(23)19-31(25)32-30/h1-19H. The minimum absolute atomic E-state index is 1.01. The molecular weight excluding hydrogens is 386 g/mol. The fourth-order valence-corrected chi connectivity index (χ4v) is 4.89. The molecule has 0 atom stereocenters. The number of benzene rings is 6. The van der Waals surface area contributed by atoms with Crippen molar-refractivity contribution in [2.24, 2.45) is 0 Å². The summed E-state index contributed by atoms with van der Waals surface area (Å²) in [6, 6.07) is 41.5. The first-order chi connectivity index (χ1) is 15.8. The molecule has 1 aromatic heterocycles. The molecule has 0 amide bonds. The van der Waals surface area contributed by atoms with Gasteiger partial charge in [-0.25, -0.2) is 4.98 Å². The van der Waals surface area contributed by atoms with E-state index in [1.165, 1.54) is 48.5 Å². The van der Waals surface area contributed by atoms with Crippen LogP contribution < -0.4 is 0 Å². The second kappa shape index (κ2) is 6.63. The Morgan fingerprint density at radius 3 is 1.69 bits per heavy atom. The molecule has 0 aliphatic rings. The summed E-state index contributed by atoms with van der Waals surface area (Å²) >= 11 is 0.